The largest absolute Gasteiger partial charge is 0.464 e. The molecular weight excluding hydrogens is 221 g/mol. The Morgan fingerprint density at radius 2 is 2.18 bits per heavy atom. The zero-order valence-corrected chi connectivity index (χ0v) is 9.83. The average molecular weight is 237 g/mol. The van der Waals surface area contributed by atoms with Gasteiger partial charge in [0.25, 0.3) is 0 Å². The van der Waals surface area contributed by atoms with Crippen molar-refractivity contribution in [3.63, 3.8) is 0 Å². The predicted octanol–water partition coefficient (Wildman–Crippen LogP) is 2.72. The van der Waals surface area contributed by atoms with Gasteiger partial charge in [0.05, 0.1) is 12.3 Å². The molecule has 0 aromatic heterocycles. The Hall–Kier alpha value is -1.58. The van der Waals surface area contributed by atoms with Crippen LogP contribution >= 0.6 is 0 Å². The third-order valence-corrected chi connectivity index (χ3v) is 3.12. The Morgan fingerprint density at radius 1 is 1.47 bits per heavy atom. The van der Waals surface area contributed by atoms with Crippen molar-refractivity contribution in [1.82, 2.24) is 0 Å². The molecule has 1 aromatic carbocycles. The van der Waals surface area contributed by atoms with E-state index in [1.807, 2.05) is 0 Å². The topological polar surface area (TPSA) is 38.3 Å². The monoisotopic (exact) mass is 237 g/mol. The molecule has 0 unspecified atom stereocenters. The van der Waals surface area contributed by atoms with E-state index in [-0.39, 0.29) is 11.8 Å². The molecule has 0 radical (unpaired) electrons. The summed E-state index contributed by atoms with van der Waals surface area (Å²) in [6.45, 7) is 2.12. The first-order chi connectivity index (χ1) is 8.18. The Bertz CT molecular complexity index is 416. The van der Waals surface area contributed by atoms with Crippen molar-refractivity contribution in [3.05, 3.63) is 30.1 Å². The van der Waals surface area contributed by atoms with Crippen LogP contribution in [0.5, 0.6) is 0 Å². The Balaban J connectivity index is 2.15. The molecule has 1 aliphatic carbocycles. The first-order valence-corrected chi connectivity index (χ1v) is 5.88. The highest BCUT2D eigenvalue weighted by atomic mass is 19.1. The number of rotatable bonds is 4. The van der Waals surface area contributed by atoms with Crippen LogP contribution in [0, 0.1) is 5.82 Å². The van der Waals surface area contributed by atoms with Crippen molar-refractivity contribution >= 4 is 11.7 Å². The lowest BCUT2D eigenvalue weighted by Crippen LogP contribution is -2.53. The first kappa shape index (κ1) is 11.9. The lowest BCUT2D eigenvalue weighted by atomic mass is 9.76. The summed E-state index contributed by atoms with van der Waals surface area (Å²) in [5.41, 5.74) is -0.363. The summed E-state index contributed by atoms with van der Waals surface area (Å²) in [4.78, 5) is 11.9. The zero-order chi connectivity index (χ0) is 12.3. The smallest absolute Gasteiger partial charge is 0.331 e. The highest BCUT2D eigenvalue weighted by Crippen LogP contribution is 2.37. The van der Waals surface area contributed by atoms with E-state index in [2.05, 4.69) is 5.32 Å². The maximum atomic E-state index is 13.5. The molecule has 1 aliphatic rings. The number of anilines is 1. The number of halogens is 1. The van der Waals surface area contributed by atoms with E-state index in [1.165, 1.54) is 6.07 Å². The molecule has 1 N–H and O–H groups in total. The summed E-state index contributed by atoms with van der Waals surface area (Å²) in [6, 6.07) is 6.37. The van der Waals surface area contributed by atoms with Crippen molar-refractivity contribution < 1.29 is 13.9 Å². The van der Waals surface area contributed by atoms with Gasteiger partial charge in [-0.1, -0.05) is 12.1 Å². The van der Waals surface area contributed by atoms with Crippen LogP contribution in [0.1, 0.15) is 26.2 Å². The quantitative estimate of drug-likeness (QED) is 0.818. The van der Waals surface area contributed by atoms with Crippen LogP contribution in [0.15, 0.2) is 24.3 Å². The van der Waals surface area contributed by atoms with Gasteiger partial charge in [0, 0.05) is 0 Å². The second kappa shape index (κ2) is 4.73. The molecule has 2 rings (SSSR count). The molecular formula is C13H16FNO2. The number of benzene rings is 1. The molecule has 3 nitrogen and oxygen atoms in total. The molecule has 0 amide bonds. The van der Waals surface area contributed by atoms with Crippen LogP contribution in [0.3, 0.4) is 0 Å². The minimum atomic E-state index is -0.724. The zero-order valence-electron chi connectivity index (χ0n) is 9.83. The molecule has 1 aromatic rings. The van der Waals surface area contributed by atoms with Crippen LogP contribution in [0.25, 0.3) is 0 Å². The Kier molecular flexibility index (Phi) is 3.31. The highest BCUT2D eigenvalue weighted by molar-refractivity contribution is 5.85. The van der Waals surface area contributed by atoms with Crippen molar-refractivity contribution in [2.24, 2.45) is 0 Å². The van der Waals surface area contributed by atoms with Crippen molar-refractivity contribution in [1.29, 1.82) is 0 Å². The van der Waals surface area contributed by atoms with E-state index in [9.17, 15) is 9.18 Å². The first-order valence-electron chi connectivity index (χ1n) is 5.88. The predicted molar refractivity (Wildman–Crippen MR) is 63.2 cm³/mol. The molecule has 1 saturated carbocycles. The summed E-state index contributed by atoms with van der Waals surface area (Å²) in [5.74, 6) is -0.627. The Morgan fingerprint density at radius 3 is 2.71 bits per heavy atom. The number of carbonyl (C=O) groups is 1. The molecule has 0 atom stereocenters. The van der Waals surface area contributed by atoms with E-state index in [0.29, 0.717) is 25.1 Å². The highest BCUT2D eigenvalue weighted by Gasteiger charge is 2.45. The van der Waals surface area contributed by atoms with E-state index >= 15 is 0 Å². The van der Waals surface area contributed by atoms with E-state index < -0.39 is 5.54 Å². The maximum absolute atomic E-state index is 13.5. The molecule has 4 heteroatoms. The maximum Gasteiger partial charge on any atom is 0.331 e. The van der Waals surface area contributed by atoms with Gasteiger partial charge in [-0.15, -0.1) is 0 Å². The van der Waals surface area contributed by atoms with Crippen molar-refractivity contribution in [3.8, 4) is 0 Å². The molecule has 1 fully saturated rings. The number of carbonyl (C=O) groups excluding carboxylic acids is 1. The number of esters is 1. The van der Waals surface area contributed by atoms with Gasteiger partial charge in [-0.2, -0.15) is 0 Å². The number of hydrogen-bond donors (Lipinski definition) is 1. The van der Waals surface area contributed by atoms with Crippen LogP contribution in [-0.2, 0) is 9.53 Å². The summed E-state index contributed by atoms with van der Waals surface area (Å²) in [6.07, 6.45) is 2.35. The average Bonchev–Trinajstić information content (AvgIpc) is 2.26. The van der Waals surface area contributed by atoms with Gasteiger partial charge >= 0.3 is 5.97 Å². The fourth-order valence-electron chi connectivity index (χ4n) is 2.00. The van der Waals surface area contributed by atoms with Gasteiger partial charge < -0.3 is 10.1 Å². The van der Waals surface area contributed by atoms with Crippen LogP contribution in [0.2, 0.25) is 0 Å². The minimum absolute atomic E-state index is 0.283. The number of para-hydroxylation sites is 1. The Labute approximate surface area is 100.0 Å². The second-order valence-corrected chi connectivity index (χ2v) is 4.26. The molecule has 92 valence electrons. The summed E-state index contributed by atoms with van der Waals surface area (Å²) in [5, 5.41) is 3.00. The molecule has 0 saturated heterocycles. The third-order valence-electron chi connectivity index (χ3n) is 3.12. The van der Waals surface area contributed by atoms with Gasteiger partial charge in [0.1, 0.15) is 11.4 Å². The van der Waals surface area contributed by atoms with Crippen molar-refractivity contribution in [2.45, 2.75) is 31.7 Å². The lowest BCUT2D eigenvalue weighted by Gasteiger charge is -2.40. The molecule has 0 aliphatic heterocycles. The van der Waals surface area contributed by atoms with Crippen LogP contribution in [0.4, 0.5) is 10.1 Å². The normalized spacial score (nSPS) is 17.1. The second-order valence-electron chi connectivity index (χ2n) is 4.26. The fourth-order valence-corrected chi connectivity index (χ4v) is 2.00. The fraction of sp³-hybridized carbons (Fsp3) is 0.462. The number of nitrogens with one attached hydrogen (secondary N) is 1. The van der Waals surface area contributed by atoms with E-state index in [1.54, 1.807) is 25.1 Å². The minimum Gasteiger partial charge on any atom is -0.464 e. The number of hydrogen-bond acceptors (Lipinski definition) is 3. The standard InChI is InChI=1S/C13H16FNO2/c1-2-17-12(16)13(8-5-9-13)15-11-7-4-3-6-10(11)14/h3-4,6-7,15H,2,5,8-9H2,1H3. The van der Waals surface area contributed by atoms with Crippen LogP contribution < -0.4 is 5.32 Å². The lowest BCUT2D eigenvalue weighted by molar-refractivity contribution is -0.151. The third kappa shape index (κ3) is 2.25. The molecule has 0 heterocycles. The SMILES string of the molecule is CCOC(=O)C1(Nc2ccccc2F)CCC1. The van der Waals surface area contributed by atoms with Gasteiger partial charge in [0.2, 0.25) is 0 Å². The van der Waals surface area contributed by atoms with Gasteiger partial charge in [-0.25, -0.2) is 9.18 Å². The summed E-state index contributed by atoms with van der Waals surface area (Å²) >= 11 is 0. The van der Waals surface area contributed by atoms with E-state index in [0.717, 1.165) is 6.42 Å². The molecule has 17 heavy (non-hydrogen) atoms. The number of ether oxygens (including phenoxy) is 1. The van der Waals surface area contributed by atoms with Gasteiger partial charge in [-0.05, 0) is 38.3 Å². The molecule has 0 spiro atoms. The van der Waals surface area contributed by atoms with Gasteiger partial charge in [0.15, 0.2) is 0 Å². The van der Waals surface area contributed by atoms with Crippen molar-refractivity contribution in [2.75, 3.05) is 11.9 Å². The summed E-state index contributed by atoms with van der Waals surface area (Å²) in [7, 11) is 0. The summed E-state index contributed by atoms with van der Waals surface area (Å²) < 4.78 is 18.6. The van der Waals surface area contributed by atoms with Crippen LogP contribution in [-0.4, -0.2) is 18.1 Å². The van der Waals surface area contributed by atoms with Gasteiger partial charge in [-0.3, -0.25) is 0 Å². The van der Waals surface area contributed by atoms with E-state index in [4.69, 9.17) is 4.74 Å². The molecule has 0 bridgehead atoms.